The number of nitrogens with one attached hydrogen (secondary N) is 1. The monoisotopic (exact) mass is 296 g/mol. The van der Waals surface area contributed by atoms with Crippen LogP contribution in [-0.4, -0.2) is 61.0 Å². The van der Waals surface area contributed by atoms with Gasteiger partial charge >= 0.3 is 0 Å². The van der Waals surface area contributed by atoms with Gasteiger partial charge in [-0.25, -0.2) is 0 Å². The molecule has 0 aromatic heterocycles. The largest absolute Gasteiger partial charge is 0.393 e. The molecule has 2 aliphatic heterocycles. The van der Waals surface area contributed by atoms with Crippen LogP contribution in [0.15, 0.2) is 0 Å². The molecule has 0 unspecified atom stereocenters. The number of hydrogen-bond donors (Lipinski definition) is 2. The normalized spacial score (nSPS) is 34.1. The van der Waals surface area contributed by atoms with Crippen LogP contribution in [0.3, 0.4) is 0 Å². The molecule has 122 valence electrons. The molecule has 2 saturated heterocycles. The van der Waals surface area contributed by atoms with Gasteiger partial charge in [-0.05, 0) is 70.4 Å². The van der Waals surface area contributed by atoms with Crippen LogP contribution in [0.4, 0.5) is 0 Å². The van der Waals surface area contributed by atoms with Crippen LogP contribution in [0.2, 0.25) is 0 Å². The first-order valence-corrected chi connectivity index (χ1v) is 9.06. The van der Waals surface area contributed by atoms with Crippen molar-refractivity contribution in [1.29, 1.82) is 0 Å². The van der Waals surface area contributed by atoms with Gasteiger partial charge in [0.25, 0.3) is 0 Å². The van der Waals surface area contributed by atoms with Gasteiger partial charge in [0.15, 0.2) is 0 Å². The van der Waals surface area contributed by atoms with Crippen LogP contribution in [0, 0.1) is 5.92 Å². The molecule has 0 atom stereocenters. The third kappa shape index (κ3) is 4.92. The van der Waals surface area contributed by atoms with Crippen molar-refractivity contribution >= 4 is 0 Å². The molecule has 0 aromatic carbocycles. The molecule has 0 bridgehead atoms. The minimum atomic E-state index is -0.0460. The predicted octanol–water partition coefficient (Wildman–Crippen LogP) is 1.77. The summed E-state index contributed by atoms with van der Waals surface area (Å²) < 4.78 is 6.30. The zero-order chi connectivity index (χ0) is 14.5. The van der Waals surface area contributed by atoms with Crippen molar-refractivity contribution in [3.8, 4) is 0 Å². The molecule has 3 aliphatic rings. The topological polar surface area (TPSA) is 44.7 Å². The van der Waals surface area contributed by atoms with Crippen LogP contribution in [-0.2, 0) is 4.74 Å². The van der Waals surface area contributed by atoms with E-state index in [9.17, 15) is 5.11 Å². The maximum atomic E-state index is 9.58. The first kappa shape index (κ1) is 15.7. The molecule has 1 saturated carbocycles. The Bertz CT molecular complexity index is 291. The second kappa shape index (κ2) is 7.91. The van der Waals surface area contributed by atoms with Gasteiger partial charge in [-0.2, -0.15) is 0 Å². The van der Waals surface area contributed by atoms with Gasteiger partial charge in [0.2, 0.25) is 0 Å². The number of aliphatic hydroxyl groups excluding tert-OH is 1. The molecule has 2 heterocycles. The quantitative estimate of drug-likeness (QED) is 0.830. The molecule has 0 aromatic rings. The average molecular weight is 296 g/mol. The lowest BCUT2D eigenvalue weighted by Crippen LogP contribution is -2.40. The summed E-state index contributed by atoms with van der Waals surface area (Å²) in [5, 5.41) is 13.0. The minimum Gasteiger partial charge on any atom is -0.393 e. The first-order chi connectivity index (χ1) is 10.3. The average Bonchev–Trinajstić information content (AvgIpc) is 2.53. The van der Waals surface area contributed by atoms with Crippen LogP contribution in [0.5, 0.6) is 0 Å². The summed E-state index contributed by atoms with van der Waals surface area (Å²) in [7, 11) is 0. The lowest BCUT2D eigenvalue weighted by molar-refractivity contribution is -0.0504. The number of nitrogens with zero attached hydrogens (tertiary/aromatic N) is 1. The Balaban J connectivity index is 1.33. The highest BCUT2D eigenvalue weighted by molar-refractivity contribution is 4.80. The van der Waals surface area contributed by atoms with Crippen LogP contribution >= 0.6 is 0 Å². The minimum absolute atomic E-state index is 0.0460. The van der Waals surface area contributed by atoms with Gasteiger partial charge in [-0.15, -0.1) is 0 Å². The van der Waals surface area contributed by atoms with Crippen molar-refractivity contribution in [1.82, 2.24) is 10.2 Å². The summed E-state index contributed by atoms with van der Waals surface area (Å²) in [5.41, 5.74) is 0. The van der Waals surface area contributed by atoms with Crippen molar-refractivity contribution in [3.63, 3.8) is 0 Å². The van der Waals surface area contributed by atoms with Gasteiger partial charge in [-0.1, -0.05) is 0 Å². The van der Waals surface area contributed by atoms with E-state index in [2.05, 4.69) is 10.2 Å². The molecule has 4 heteroatoms. The fourth-order valence-corrected chi connectivity index (χ4v) is 4.12. The number of likely N-dealkylation sites (tertiary alicyclic amines) is 1. The zero-order valence-electron chi connectivity index (χ0n) is 13.3. The number of ether oxygens (including phenoxy) is 1. The summed E-state index contributed by atoms with van der Waals surface area (Å²) in [6, 6.07) is 0. The molecule has 3 fully saturated rings. The second-order valence-corrected chi connectivity index (χ2v) is 7.26. The predicted molar refractivity (Wildman–Crippen MR) is 84.4 cm³/mol. The zero-order valence-corrected chi connectivity index (χ0v) is 13.3. The molecular weight excluding hydrogens is 264 g/mol. The summed E-state index contributed by atoms with van der Waals surface area (Å²) in [5.74, 6) is 0.855. The van der Waals surface area contributed by atoms with Crippen LogP contribution in [0.1, 0.15) is 51.4 Å². The number of rotatable bonds is 4. The van der Waals surface area contributed by atoms with Crippen molar-refractivity contribution in [2.24, 2.45) is 5.92 Å². The van der Waals surface area contributed by atoms with Crippen molar-refractivity contribution in [2.45, 2.75) is 69.7 Å². The third-order valence-corrected chi connectivity index (χ3v) is 5.54. The lowest BCUT2D eigenvalue weighted by atomic mass is 9.86. The SMILES string of the molecule is OC1CCN(CC2CCC(OC3CCNCC3)CC2)CC1. The Morgan fingerprint density at radius 2 is 1.48 bits per heavy atom. The Hall–Kier alpha value is -0.160. The fraction of sp³-hybridized carbons (Fsp3) is 1.00. The Labute approximate surface area is 129 Å². The highest BCUT2D eigenvalue weighted by atomic mass is 16.5. The van der Waals surface area contributed by atoms with Crippen molar-refractivity contribution in [2.75, 3.05) is 32.7 Å². The standard InChI is InChI=1S/C17H32N2O2/c20-15-7-11-19(12-8-15)13-14-1-3-16(4-2-14)21-17-5-9-18-10-6-17/h14-18,20H,1-13H2. The summed E-state index contributed by atoms with van der Waals surface area (Å²) in [6.45, 7) is 5.67. The van der Waals surface area contributed by atoms with E-state index in [1.807, 2.05) is 0 Å². The van der Waals surface area contributed by atoms with E-state index >= 15 is 0 Å². The highest BCUT2D eigenvalue weighted by Crippen LogP contribution is 2.29. The summed E-state index contributed by atoms with van der Waals surface area (Å²) in [6.07, 6.45) is 10.5. The molecule has 1 aliphatic carbocycles. The van der Waals surface area contributed by atoms with Crippen LogP contribution < -0.4 is 5.32 Å². The maximum absolute atomic E-state index is 9.58. The molecule has 0 spiro atoms. The van der Waals surface area contributed by atoms with Crippen molar-refractivity contribution in [3.05, 3.63) is 0 Å². The first-order valence-electron chi connectivity index (χ1n) is 9.06. The lowest BCUT2D eigenvalue weighted by Gasteiger charge is -2.36. The Kier molecular flexibility index (Phi) is 5.92. The number of aliphatic hydroxyl groups is 1. The molecule has 0 amide bonds. The molecular formula is C17H32N2O2. The maximum Gasteiger partial charge on any atom is 0.0603 e. The van der Waals surface area contributed by atoms with E-state index < -0.39 is 0 Å². The second-order valence-electron chi connectivity index (χ2n) is 7.26. The van der Waals surface area contributed by atoms with Gasteiger partial charge < -0.3 is 20.1 Å². The number of hydrogen-bond acceptors (Lipinski definition) is 4. The van der Waals surface area contributed by atoms with E-state index in [1.54, 1.807) is 0 Å². The molecule has 0 radical (unpaired) electrons. The van der Waals surface area contributed by atoms with Gasteiger partial charge in [-0.3, -0.25) is 0 Å². The Morgan fingerprint density at radius 3 is 2.14 bits per heavy atom. The van der Waals surface area contributed by atoms with Crippen LogP contribution in [0.25, 0.3) is 0 Å². The third-order valence-electron chi connectivity index (χ3n) is 5.54. The summed E-state index contributed by atoms with van der Waals surface area (Å²) >= 11 is 0. The van der Waals surface area contributed by atoms with Gasteiger partial charge in [0, 0.05) is 19.6 Å². The Morgan fingerprint density at radius 1 is 0.857 bits per heavy atom. The van der Waals surface area contributed by atoms with E-state index in [-0.39, 0.29) is 6.10 Å². The summed E-state index contributed by atoms with van der Waals surface area (Å²) in [4.78, 5) is 2.56. The van der Waals surface area contributed by atoms with Gasteiger partial charge in [0.1, 0.15) is 0 Å². The van der Waals surface area contributed by atoms with E-state index in [4.69, 9.17) is 4.74 Å². The smallest absolute Gasteiger partial charge is 0.0603 e. The molecule has 2 N–H and O–H groups in total. The van der Waals surface area contributed by atoms with Gasteiger partial charge in [0.05, 0.1) is 18.3 Å². The van der Waals surface area contributed by atoms with E-state index in [1.165, 1.54) is 45.1 Å². The van der Waals surface area contributed by atoms with Crippen molar-refractivity contribution < 1.29 is 9.84 Å². The number of piperidine rings is 2. The fourth-order valence-electron chi connectivity index (χ4n) is 4.12. The molecule has 4 nitrogen and oxygen atoms in total. The highest BCUT2D eigenvalue weighted by Gasteiger charge is 2.27. The molecule has 21 heavy (non-hydrogen) atoms. The molecule has 3 rings (SSSR count). The van der Waals surface area contributed by atoms with E-state index in [0.29, 0.717) is 12.2 Å². The van der Waals surface area contributed by atoms with E-state index in [0.717, 1.165) is 44.9 Å².